The van der Waals surface area contributed by atoms with Gasteiger partial charge in [0.2, 0.25) is 0 Å². The SMILES string of the molecule is COCC(C)(C)C1(N)CC1C. The van der Waals surface area contributed by atoms with E-state index in [1.54, 1.807) is 7.11 Å². The quantitative estimate of drug-likeness (QED) is 0.672. The Balaban J connectivity index is 2.58. The van der Waals surface area contributed by atoms with Crippen molar-refractivity contribution in [2.75, 3.05) is 13.7 Å². The van der Waals surface area contributed by atoms with Crippen LogP contribution in [-0.2, 0) is 4.74 Å². The maximum atomic E-state index is 6.17. The molecule has 2 nitrogen and oxygen atoms in total. The Labute approximate surface area is 69.1 Å². The summed E-state index contributed by atoms with van der Waals surface area (Å²) in [5.41, 5.74) is 6.33. The lowest BCUT2D eigenvalue weighted by Crippen LogP contribution is -2.44. The molecule has 1 saturated carbocycles. The van der Waals surface area contributed by atoms with Crippen molar-refractivity contribution in [2.45, 2.75) is 32.7 Å². The first-order chi connectivity index (χ1) is 4.94. The number of hydrogen-bond acceptors (Lipinski definition) is 2. The molecule has 1 fully saturated rings. The molecule has 0 radical (unpaired) electrons. The van der Waals surface area contributed by atoms with E-state index in [0.29, 0.717) is 5.92 Å². The summed E-state index contributed by atoms with van der Waals surface area (Å²) >= 11 is 0. The molecule has 0 heterocycles. The van der Waals surface area contributed by atoms with Crippen LogP contribution in [0.4, 0.5) is 0 Å². The Morgan fingerprint density at radius 3 is 2.36 bits per heavy atom. The fourth-order valence-corrected chi connectivity index (χ4v) is 1.89. The molecule has 11 heavy (non-hydrogen) atoms. The highest BCUT2D eigenvalue weighted by molar-refractivity contribution is 5.13. The van der Waals surface area contributed by atoms with Gasteiger partial charge in [0.25, 0.3) is 0 Å². The third-order valence-corrected chi connectivity index (χ3v) is 3.13. The summed E-state index contributed by atoms with van der Waals surface area (Å²) in [5.74, 6) is 0.660. The van der Waals surface area contributed by atoms with Crippen LogP contribution in [-0.4, -0.2) is 19.3 Å². The number of rotatable bonds is 3. The topological polar surface area (TPSA) is 35.2 Å². The Morgan fingerprint density at radius 2 is 2.09 bits per heavy atom. The average Bonchev–Trinajstić information content (AvgIpc) is 2.42. The molecule has 1 rings (SSSR count). The van der Waals surface area contributed by atoms with Gasteiger partial charge < -0.3 is 10.5 Å². The largest absolute Gasteiger partial charge is 0.384 e. The fraction of sp³-hybridized carbons (Fsp3) is 1.00. The van der Waals surface area contributed by atoms with Crippen LogP contribution in [0.25, 0.3) is 0 Å². The molecule has 2 heteroatoms. The van der Waals surface area contributed by atoms with Gasteiger partial charge in [-0.15, -0.1) is 0 Å². The predicted octanol–water partition coefficient (Wildman–Crippen LogP) is 1.40. The zero-order valence-corrected chi connectivity index (χ0v) is 7.98. The van der Waals surface area contributed by atoms with Gasteiger partial charge in [0, 0.05) is 18.1 Å². The maximum absolute atomic E-state index is 6.17. The molecular formula is C9H19NO. The molecule has 0 aromatic rings. The van der Waals surface area contributed by atoms with Crippen molar-refractivity contribution in [2.24, 2.45) is 17.1 Å². The fourth-order valence-electron chi connectivity index (χ4n) is 1.89. The molecule has 2 unspecified atom stereocenters. The van der Waals surface area contributed by atoms with E-state index in [-0.39, 0.29) is 11.0 Å². The number of hydrogen-bond donors (Lipinski definition) is 1. The van der Waals surface area contributed by atoms with E-state index in [2.05, 4.69) is 20.8 Å². The molecule has 0 aromatic carbocycles. The molecule has 0 spiro atoms. The van der Waals surface area contributed by atoms with Gasteiger partial charge in [0.1, 0.15) is 0 Å². The van der Waals surface area contributed by atoms with Gasteiger partial charge in [0.05, 0.1) is 6.61 Å². The van der Waals surface area contributed by atoms with Gasteiger partial charge in [0.15, 0.2) is 0 Å². The molecular weight excluding hydrogens is 138 g/mol. The van der Waals surface area contributed by atoms with Crippen molar-refractivity contribution in [3.8, 4) is 0 Å². The van der Waals surface area contributed by atoms with Gasteiger partial charge >= 0.3 is 0 Å². The molecule has 0 saturated heterocycles. The molecule has 0 bridgehead atoms. The highest BCUT2D eigenvalue weighted by atomic mass is 16.5. The lowest BCUT2D eigenvalue weighted by molar-refractivity contribution is 0.0740. The van der Waals surface area contributed by atoms with Gasteiger partial charge in [-0.1, -0.05) is 20.8 Å². The van der Waals surface area contributed by atoms with Crippen molar-refractivity contribution >= 4 is 0 Å². The Hall–Kier alpha value is -0.0800. The van der Waals surface area contributed by atoms with Gasteiger partial charge in [-0.25, -0.2) is 0 Å². The first kappa shape index (κ1) is 9.01. The van der Waals surface area contributed by atoms with Crippen molar-refractivity contribution < 1.29 is 4.74 Å². The predicted molar refractivity (Wildman–Crippen MR) is 46.4 cm³/mol. The smallest absolute Gasteiger partial charge is 0.0531 e. The van der Waals surface area contributed by atoms with E-state index < -0.39 is 0 Å². The van der Waals surface area contributed by atoms with Gasteiger partial charge in [-0.05, 0) is 12.3 Å². The Kier molecular flexibility index (Phi) is 2.01. The molecule has 1 aliphatic rings. The van der Waals surface area contributed by atoms with Crippen LogP contribution in [0.3, 0.4) is 0 Å². The van der Waals surface area contributed by atoms with Crippen molar-refractivity contribution in [1.29, 1.82) is 0 Å². The summed E-state index contributed by atoms with van der Waals surface area (Å²) in [4.78, 5) is 0. The Bertz CT molecular complexity index is 156. The van der Waals surface area contributed by atoms with Gasteiger partial charge in [-0.3, -0.25) is 0 Å². The van der Waals surface area contributed by atoms with Crippen LogP contribution in [0.1, 0.15) is 27.2 Å². The summed E-state index contributed by atoms with van der Waals surface area (Å²) in [6.45, 7) is 7.32. The summed E-state index contributed by atoms with van der Waals surface area (Å²) in [6.07, 6.45) is 1.14. The molecule has 66 valence electrons. The van der Waals surface area contributed by atoms with E-state index in [1.807, 2.05) is 0 Å². The summed E-state index contributed by atoms with van der Waals surface area (Å²) in [5, 5.41) is 0. The standard InChI is InChI=1S/C9H19NO/c1-7-5-9(7,10)8(2,3)6-11-4/h7H,5-6,10H2,1-4H3. The monoisotopic (exact) mass is 157 g/mol. The maximum Gasteiger partial charge on any atom is 0.0531 e. The molecule has 0 aromatic heterocycles. The van der Waals surface area contributed by atoms with E-state index in [0.717, 1.165) is 13.0 Å². The van der Waals surface area contributed by atoms with E-state index in [1.165, 1.54) is 0 Å². The number of nitrogens with two attached hydrogens (primary N) is 1. The summed E-state index contributed by atoms with van der Waals surface area (Å²) < 4.78 is 5.14. The summed E-state index contributed by atoms with van der Waals surface area (Å²) in [6, 6.07) is 0. The van der Waals surface area contributed by atoms with E-state index >= 15 is 0 Å². The highest BCUT2D eigenvalue weighted by Gasteiger charge is 2.57. The minimum atomic E-state index is 0.0308. The zero-order chi connectivity index (χ0) is 8.70. The lowest BCUT2D eigenvalue weighted by Gasteiger charge is -2.31. The molecule has 1 aliphatic carbocycles. The average molecular weight is 157 g/mol. The second-order valence-electron chi connectivity index (χ2n) is 4.46. The zero-order valence-electron chi connectivity index (χ0n) is 7.98. The second-order valence-corrected chi connectivity index (χ2v) is 4.46. The molecule has 2 N–H and O–H groups in total. The van der Waals surface area contributed by atoms with E-state index in [9.17, 15) is 0 Å². The third-order valence-electron chi connectivity index (χ3n) is 3.13. The highest BCUT2D eigenvalue weighted by Crippen LogP contribution is 2.52. The first-order valence-electron chi connectivity index (χ1n) is 4.22. The number of ether oxygens (including phenoxy) is 1. The Morgan fingerprint density at radius 1 is 1.64 bits per heavy atom. The first-order valence-corrected chi connectivity index (χ1v) is 4.22. The minimum absolute atomic E-state index is 0.0308. The molecule has 0 amide bonds. The van der Waals surface area contributed by atoms with Crippen molar-refractivity contribution in [3.63, 3.8) is 0 Å². The molecule has 2 atom stereocenters. The third kappa shape index (κ3) is 1.30. The lowest BCUT2D eigenvalue weighted by atomic mass is 9.82. The van der Waals surface area contributed by atoms with Gasteiger partial charge in [-0.2, -0.15) is 0 Å². The van der Waals surface area contributed by atoms with Crippen LogP contribution in [0, 0.1) is 11.3 Å². The van der Waals surface area contributed by atoms with Crippen LogP contribution in [0.5, 0.6) is 0 Å². The second kappa shape index (κ2) is 2.46. The molecule has 0 aliphatic heterocycles. The normalized spacial score (nSPS) is 37.4. The van der Waals surface area contributed by atoms with Crippen molar-refractivity contribution in [3.05, 3.63) is 0 Å². The number of methoxy groups -OCH3 is 1. The van der Waals surface area contributed by atoms with Crippen molar-refractivity contribution in [1.82, 2.24) is 0 Å². The van der Waals surface area contributed by atoms with Crippen LogP contribution < -0.4 is 5.73 Å². The van der Waals surface area contributed by atoms with Crippen LogP contribution in [0.15, 0.2) is 0 Å². The minimum Gasteiger partial charge on any atom is -0.384 e. The van der Waals surface area contributed by atoms with Crippen LogP contribution >= 0.6 is 0 Å². The van der Waals surface area contributed by atoms with E-state index in [4.69, 9.17) is 10.5 Å². The summed E-state index contributed by atoms with van der Waals surface area (Å²) in [7, 11) is 1.73. The van der Waals surface area contributed by atoms with Crippen LogP contribution in [0.2, 0.25) is 0 Å².